The van der Waals surface area contributed by atoms with Crippen molar-refractivity contribution in [3.8, 4) is 0 Å². The van der Waals surface area contributed by atoms with Gasteiger partial charge in [0.15, 0.2) is 0 Å². The number of hydrogen-bond acceptors (Lipinski definition) is 4. The van der Waals surface area contributed by atoms with Crippen LogP contribution in [0.15, 0.2) is 23.6 Å². The van der Waals surface area contributed by atoms with E-state index in [4.69, 9.17) is 0 Å². The minimum atomic E-state index is -0.192. The van der Waals surface area contributed by atoms with Gasteiger partial charge >= 0.3 is 0 Å². The van der Waals surface area contributed by atoms with Crippen LogP contribution in [0.25, 0.3) is 0 Å². The van der Waals surface area contributed by atoms with Gasteiger partial charge in [0.2, 0.25) is 0 Å². The van der Waals surface area contributed by atoms with Gasteiger partial charge in [0.05, 0.1) is 11.1 Å². The monoisotopic (exact) mass is 238 g/mol. The SMILES string of the molecule is OC(CSc1ccncn1)CC1CCCC1. The van der Waals surface area contributed by atoms with Gasteiger partial charge in [-0.2, -0.15) is 0 Å². The summed E-state index contributed by atoms with van der Waals surface area (Å²) in [6.45, 7) is 0. The topological polar surface area (TPSA) is 46.0 Å². The third kappa shape index (κ3) is 3.76. The zero-order valence-corrected chi connectivity index (χ0v) is 10.2. The summed E-state index contributed by atoms with van der Waals surface area (Å²) in [5.41, 5.74) is 0. The van der Waals surface area contributed by atoms with E-state index < -0.39 is 0 Å². The van der Waals surface area contributed by atoms with E-state index in [1.54, 1.807) is 24.3 Å². The molecule has 1 aromatic rings. The molecule has 1 atom stereocenters. The molecule has 0 aliphatic heterocycles. The molecule has 2 rings (SSSR count). The van der Waals surface area contributed by atoms with Crippen LogP contribution in [0.1, 0.15) is 32.1 Å². The van der Waals surface area contributed by atoms with Gasteiger partial charge in [0, 0.05) is 11.9 Å². The lowest BCUT2D eigenvalue weighted by molar-refractivity contribution is 0.165. The van der Waals surface area contributed by atoms with Crippen LogP contribution in [0.2, 0.25) is 0 Å². The van der Waals surface area contributed by atoms with E-state index in [2.05, 4.69) is 9.97 Å². The molecule has 0 saturated heterocycles. The summed E-state index contributed by atoms with van der Waals surface area (Å²) in [7, 11) is 0. The van der Waals surface area contributed by atoms with E-state index in [1.807, 2.05) is 6.07 Å². The molecule has 0 amide bonds. The van der Waals surface area contributed by atoms with Crippen LogP contribution >= 0.6 is 11.8 Å². The molecule has 0 spiro atoms. The van der Waals surface area contributed by atoms with Gasteiger partial charge in [-0.15, -0.1) is 11.8 Å². The summed E-state index contributed by atoms with van der Waals surface area (Å²) in [6, 6.07) is 1.88. The highest BCUT2D eigenvalue weighted by atomic mass is 32.2. The molecule has 1 aliphatic rings. The Hall–Kier alpha value is -0.610. The fourth-order valence-corrected chi connectivity index (χ4v) is 3.02. The molecule has 1 fully saturated rings. The Bertz CT molecular complexity index is 301. The fraction of sp³-hybridized carbons (Fsp3) is 0.667. The highest BCUT2D eigenvalue weighted by Gasteiger charge is 2.18. The normalized spacial score (nSPS) is 18.8. The third-order valence-electron chi connectivity index (χ3n) is 3.06. The van der Waals surface area contributed by atoms with Gasteiger partial charge in [-0.3, -0.25) is 0 Å². The van der Waals surface area contributed by atoms with Gasteiger partial charge in [0.1, 0.15) is 6.33 Å². The zero-order chi connectivity index (χ0) is 11.2. The Morgan fingerprint density at radius 1 is 1.44 bits per heavy atom. The highest BCUT2D eigenvalue weighted by molar-refractivity contribution is 7.99. The predicted molar refractivity (Wildman–Crippen MR) is 65.3 cm³/mol. The van der Waals surface area contributed by atoms with Crippen molar-refractivity contribution in [1.29, 1.82) is 0 Å². The summed E-state index contributed by atoms with van der Waals surface area (Å²) < 4.78 is 0. The van der Waals surface area contributed by atoms with E-state index in [0.717, 1.165) is 23.1 Å². The summed E-state index contributed by atoms with van der Waals surface area (Å²) in [6.07, 6.45) is 9.34. The van der Waals surface area contributed by atoms with E-state index in [0.29, 0.717) is 0 Å². The number of nitrogens with zero attached hydrogens (tertiary/aromatic N) is 2. The number of hydrogen-bond donors (Lipinski definition) is 1. The molecular formula is C12H18N2OS. The van der Waals surface area contributed by atoms with Crippen LogP contribution in [0, 0.1) is 5.92 Å². The first-order valence-corrected chi connectivity index (χ1v) is 6.90. The molecule has 88 valence electrons. The molecular weight excluding hydrogens is 220 g/mol. The second-order valence-electron chi connectivity index (χ2n) is 4.40. The molecule has 1 saturated carbocycles. The first kappa shape index (κ1) is 11.9. The molecule has 0 aromatic carbocycles. The molecule has 3 nitrogen and oxygen atoms in total. The Morgan fingerprint density at radius 2 is 2.25 bits per heavy atom. The van der Waals surface area contributed by atoms with Crippen LogP contribution in [0.4, 0.5) is 0 Å². The average Bonchev–Trinajstić information content (AvgIpc) is 2.81. The minimum Gasteiger partial charge on any atom is -0.392 e. The maximum absolute atomic E-state index is 9.91. The van der Waals surface area contributed by atoms with Crippen molar-refractivity contribution in [2.75, 3.05) is 5.75 Å². The summed E-state index contributed by atoms with van der Waals surface area (Å²) in [5.74, 6) is 1.49. The van der Waals surface area contributed by atoms with Crippen LogP contribution in [-0.4, -0.2) is 26.9 Å². The van der Waals surface area contributed by atoms with Gasteiger partial charge in [0.25, 0.3) is 0 Å². The first-order chi connectivity index (χ1) is 7.84. The van der Waals surface area contributed by atoms with Crippen molar-refractivity contribution in [2.24, 2.45) is 5.92 Å². The lowest BCUT2D eigenvalue weighted by Gasteiger charge is -2.14. The third-order valence-corrected chi connectivity index (χ3v) is 4.15. The summed E-state index contributed by atoms with van der Waals surface area (Å²) in [4.78, 5) is 7.99. The smallest absolute Gasteiger partial charge is 0.116 e. The molecule has 1 unspecified atom stereocenters. The molecule has 1 N–H and O–H groups in total. The van der Waals surface area contributed by atoms with Crippen molar-refractivity contribution < 1.29 is 5.11 Å². The van der Waals surface area contributed by atoms with Crippen molar-refractivity contribution in [2.45, 2.75) is 43.2 Å². The number of thioether (sulfide) groups is 1. The van der Waals surface area contributed by atoms with Crippen LogP contribution in [0.5, 0.6) is 0 Å². The van der Waals surface area contributed by atoms with Crippen molar-refractivity contribution in [3.05, 3.63) is 18.6 Å². The van der Waals surface area contributed by atoms with E-state index in [-0.39, 0.29) is 6.10 Å². The van der Waals surface area contributed by atoms with Crippen molar-refractivity contribution >= 4 is 11.8 Å². The molecule has 1 heterocycles. The minimum absolute atomic E-state index is 0.192. The lowest BCUT2D eigenvalue weighted by Crippen LogP contribution is -2.14. The predicted octanol–water partition coefficient (Wildman–Crippen LogP) is 2.51. The van der Waals surface area contributed by atoms with Gasteiger partial charge < -0.3 is 5.11 Å². The number of aliphatic hydroxyl groups is 1. The second kappa shape index (κ2) is 6.21. The highest BCUT2D eigenvalue weighted by Crippen LogP contribution is 2.29. The van der Waals surface area contributed by atoms with Gasteiger partial charge in [-0.1, -0.05) is 25.7 Å². The number of aliphatic hydroxyl groups excluding tert-OH is 1. The largest absolute Gasteiger partial charge is 0.392 e. The molecule has 1 aliphatic carbocycles. The Labute approximate surface area is 101 Å². The number of aromatic nitrogens is 2. The van der Waals surface area contributed by atoms with Crippen LogP contribution in [-0.2, 0) is 0 Å². The van der Waals surface area contributed by atoms with Crippen LogP contribution < -0.4 is 0 Å². The molecule has 0 bridgehead atoms. The Kier molecular flexibility index (Phi) is 4.60. The summed E-state index contributed by atoms with van der Waals surface area (Å²) >= 11 is 1.61. The zero-order valence-electron chi connectivity index (χ0n) is 9.38. The van der Waals surface area contributed by atoms with E-state index >= 15 is 0 Å². The van der Waals surface area contributed by atoms with Crippen LogP contribution in [0.3, 0.4) is 0 Å². The molecule has 4 heteroatoms. The van der Waals surface area contributed by atoms with E-state index in [1.165, 1.54) is 25.7 Å². The maximum Gasteiger partial charge on any atom is 0.116 e. The second-order valence-corrected chi connectivity index (χ2v) is 5.44. The average molecular weight is 238 g/mol. The summed E-state index contributed by atoms with van der Waals surface area (Å²) in [5, 5.41) is 10.9. The lowest BCUT2D eigenvalue weighted by atomic mass is 10.0. The van der Waals surface area contributed by atoms with Crippen molar-refractivity contribution in [1.82, 2.24) is 9.97 Å². The quantitative estimate of drug-likeness (QED) is 0.632. The van der Waals surface area contributed by atoms with E-state index in [9.17, 15) is 5.11 Å². The standard InChI is InChI=1S/C12H18N2OS/c15-11(7-10-3-1-2-4-10)8-16-12-5-6-13-9-14-12/h5-6,9-11,15H,1-4,7-8H2. The fourth-order valence-electron chi connectivity index (χ4n) is 2.24. The Balaban J connectivity index is 1.69. The maximum atomic E-state index is 9.91. The number of rotatable bonds is 5. The van der Waals surface area contributed by atoms with Gasteiger partial charge in [-0.05, 0) is 18.4 Å². The van der Waals surface area contributed by atoms with Crippen molar-refractivity contribution in [3.63, 3.8) is 0 Å². The molecule has 1 aromatic heterocycles. The van der Waals surface area contributed by atoms with Gasteiger partial charge in [-0.25, -0.2) is 9.97 Å². The molecule has 16 heavy (non-hydrogen) atoms. The first-order valence-electron chi connectivity index (χ1n) is 5.91. The Morgan fingerprint density at radius 3 is 2.94 bits per heavy atom. The molecule has 0 radical (unpaired) electrons.